The SMILES string of the molecule is C[C@@H](NC(=S)Nc1ccc(OC2CCCC2)cc1)c1ccc(N2CCOCC2)cc1. The van der Waals surface area contributed by atoms with Gasteiger partial charge in [0.2, 0.25) is 0 Å². The quantitative estimate of drug-likeness (QED) is 0.643. The maximum Gasteiger partial charge on any atom is 0.171 e. The maximum absolute atomic E-state index is 6.02. The molecule has 0 spiro atoms. The lowest BCUT2D eigenvalue weighted by Gasteiger charge is -2.29. The molecular weight excluding hydrogens is 394 g/mol. The van der Waals surface area contributed by atoms with Crippen molar-refractivity contribution in [2.24, 2.45) is 0 Å². The third-order valence-corrected chi connectivity index (χ3v) is 6.05. The van der Waals surface area contributed by atoms with Crippen molar-refractivity contribution in [3.8, 4) is 5.75 Å². The molecule has 30 heavy (non-hydrogen) atoms. The highest BCUT2D eigenvalue weighted by molar-refractivity contribution is 7.80. The Morgan fingerprint density at radius 3 is 2.37 bits per heavy atom. The maximum atomic E-state index is 6.02. The summed E-state index contributed by atoms with van der Waals surface area (Å²) in [6.07, 6.45) is 5.26. The molecule has 1 saturated heterocycles. The van der Waals surface area contributed by atoms with Crippen LogP contribution in [0.2, 0.25) is 0 Å². The second kappa shape index (κ2) is 10.1. The molecule has 2 N–H and O–H groups in total. The molecule has 6 heteroatoms. The van der Waals surface area contributed by atoms with Gasteiger partial charge < -0.3 is 25.0 Å². The van der Waals surface area contributed by atoms with E-state index in [-0.39, 0.29) is 6.04 Å². The number of benzene rings is 2. The highest BCUT2D eigenvalue weighted by Crippen LogP contribution is 2.25. The van der Waals surface area contributed by atoms with Gasteiger partial charge in [-0.05, 0) is 86.8 Å². The first-order chi connectivity index (χ1) is 14.7. The first-order valence-corrected chi connectivity index (χ1v) is 11.3. The molecule has 2 aromatic rings. The second-order valence-electron chi connectivity index (χ2n) is 8.06. The van der Waals surface area contributed by atoms with Crippen LogP contribution in [0.25, 0.3) is 0 Å². The Bertz CT molecular complexity index is 813. The largest absolute Gasteiger partial charge is 0.490 e. The Balaban J connectivity index is 1.26. The summed E-state index contributed by atoms with van der Waals surface area (Å²) in [5.41, 5.74) is 3.41. The van der Waals surface area contributed by atoms with Crippen molar-refractivity contribution in [3.63, 3.8) is 0 Å². The fourth-order valence-corrected chi connectivity index (χ4v) is 4.35. The van der Waals surface area contributed by atoms with Crippen LogP contribution in [0.4, 0.5) is 11.4 Å². The van der Waals surface area contributed by atoms with Crippen molar-refractivity contribution in [2.75, 3.05) is 36.5 Å². The molecule has 160 valence electrons. The van der Waals surface area contributed by atoms with Crippen LogP contribution in [-0.4, -0.2) is 37.5 Å². The molecule has 2 aliphatic rings. The van der Waals surface area contributed by atoms with Gasteiger partial charge in [0.05, 0.1) is 25.4 Å². The Morgan fingerprint density at radius 1 is 1.03 bits per heavy atom. The minimum absolute atomic E-state index is 0.119. The number of ether oxygens (including phenoxy) is 2. The van der Waals surface area contributed by atoms with Gasteiger partial charge in [0.15, 0.2) is 5.11 Å². The molecule has 4 rings (SSSR count). The lowest BCUT2D eigenvalue weighted by molar-refractivity contribution is 0.122. The summed E-state index contributed by atoms with van der Waals surface area (Å²) in [5, 5.41) is 7.26. The summed E-state index contributed by atoms with van der Waals surface area (Å²) < 4.78 is 11.5. The van der Waals surface area contributed by atoms with Crippen LogP contribution >= 0.6 is 12.2 Å². The number of nitrogens with zero attached hydrogens (tertiary/aromatic N) is 1. The van der Waals surface area contributed by atoms with Crippen LogP contribution in [0.5, 0.6) is 5.75 Å². The van der Waals surface area contributed by atoms with Crippen molar-refractivity contribution in [1.29, 1.82) is 0 Å². The standard InChI is InChI=1S/C24H31N3O2S/c1-18(19-6-10-21(11-7-19)27-14-16-28-17-15-27)25-24(30)26-20-8-12-23(13-9-20)29-22-4-2-3-5-22/h6-13,18,22H,2-5,14-17H2,1H3,(H2,25,26,30)/t18-/m1/s1. The Hall–Kier alpha value is -2.31. The van der Waals surface area contributed by atoms with Gasteiger partial charge in [0.1, 0.15) is 5.75 Å². The smallest absolute Gasteiger partial charge is 0.171 e. The summed E-state index contributed by atoms with van der Waals surface area (Å²) in [6, 6.07) is 16.9. The van der Waals surface area contributed by atoms with Crippen molar-refractivity contribution >= 4 is 28.7 Å². The van der Waals surface area contributed by atoms with E-state index in [1.807, 2.05) is 24.3 Å². The van der Waals surface area contributed by atoms with E-state index in [0.29, 0.717) is 11.2 Å². The number of anilines is 2. The summed E-state index contributed by atoms with van der Waals surface area (Å²) in [4.78, 5) is 2.36. The van der Waals surface area contributed by atoms with Crippen molar-refractivity contribution in [1.82, 2.24) is 5.32 Å². The van der Waals surface area contributed by atoms with E-state index in [1.54, 1.807) is 0 Å². The van der Waals surface area contributed by atoms with E-state index in [0.717, 1.165) is 37.7 Å². The molecule has 0 amide bonds. The van der Waals surface area contributed by atoms with Gasteiger partial charge in [-0.15, -0.1) is 0 Å². The Morgan fingerprint density at radius 2 is 1.70 bits per heavy atom. The van der Waals surface area contributed by atoms with Gasteiger partial charge in [0.25, 0.3) is 0 Å². The van der Waals surface area contributed by atoms with Gasteiger partial charge >= 0.3 is 0 Å². The number of nitrogens with one attached hydrogen (secondary N) is 2. The Kier molecular flexibility index (Phi) is 7.07. The van der Waals surface area contributed by atoms with Gasteiger partial charge in [-0.3, -0.25) is 0 Å². The number of rotatable bonds is 6. The number of thiocarbonyl (C=S) groups is 1. The normalized spacial score (nSPS) is 18.1. The predicted molar refractivity (Wildman–Crippen MR) is 127 cm³/mol. The van der Waals surface area contributed by atoms with E-state index in [2.05, 4.69) is 46.7 Å². The molecule has 0 unspecified atom stereocenters. The summed E-state index contributed by atoms with van der Waals surface area (Å²) in [5.74, 6) is 0.931. The average Bonchev–Trinajstić information content (AvgIpc) is 3.29. The molecule has 0 aromatic heterocycles. The van der Waals surface area contributed by atoms with E-state index < -0.39 is 0 Å². The zero-order valence-corrected chi connectivity index (χ0v) is 18.4. The fraction of sp³-hybridized carbons (Fsp3) is 0.458. The molecule has 1 aliphatic heterocycles. The van der Waals surface area contributed by atoms with Crippen molar-refractivity contribution in [3.05, 3.63) is 54.1 Å². The van der Waals surface area contributed by atoms with E-state index in [4.69, 9.17) is 21.7 Å². The fourth-order valence-electron chi connectivity index (χ4n) is 4.06. The van der Waals surface area contributed by atoms with Gasteiger partial charge in [-0.1, -0.05) is 12.1 Å². The molecule has 2 aromatic carbocycles. The molecule has 1 heterocycles. The number of morpholine rings is 1. The van der Waals surface area contributed by atoms with Crippen LogP contribution < -0.4 is 20.3 Å². The molecule has 2 fully saturated rings. The zero-order valence-electron chi connectivity index (χ0n) is 17.6. The van der Waals surface area contributed by atoms with Crippen LogP contribution in [0, 0.1) is 0 Å². The highest BCUT2D eigenvalue weighted by atomic mass is 32.1. The van der Waals surface area contributed by atoms with Gasteiger partial charge in [-0.2, -0.15) is 0 Å². The minimum Gasteiger partial charge on any atom is -0.490 e. The summed E-state index contributed by atoms with van der Waals surface area (Å²) in [6.45, 7) is 5.62. The Labute approximate surface area is 184 Å². The number of hydrogen-bond acceptors (Lipinski definition) is 4. The van der Waals surface area contributed by atoms with Crippen LogP contribution in [0.15, 0.2) is 48.5 Å². The third kappa shape index (κ3) is 5.64. The molecule has 1 atom stereocenters. The predicted octanol–water partition coefficient (Wildman–Crippen LogP) is 4.89. The summed E-state index contributed by atoms with van der Waals surface area (Å²) in [7, 11) is 0. The second-order valence-corrected chi connectivity index (χ2v) is 8.47. The molecular formula is C24H31N3O2S. The third-order valence-electron chi connectivity index (χ3n) is 5.83. The monoisotopic (exact) mass is 425 g/mol. The lowest BCUT2D eigenvalue weighted by atomic mass is 10.1. The van der Waals surface area contributed by atoms with Crippen LogP contribution in [0.3, 0.4) is 0 Å². The van der Waals surface area contributed by atoms with E-state index in [1.165, 1.54) is 36.9 Å². The highest BCUT2D eigenvalue weighted by Gasteiger charge is 2.16. The van der Waals surface area contributed by atoms with Gasteiger partial charge in [0, 0.05) is 24.5 Å². The molecule has 1 saturated carbocycles. The summed E-state index contributed by atoms with van der Waals surface area (Å²) >= 11 is 5.51. The first-order valence-electron chi connectivity index (χ1n) is 10.9. The topological polar surface area (TPSA) is 45.8 Å². The number of hydrogen-bond donors (Lipinski definition) is 2. The minimum atomic E-state index is 0.119. The molecule has 5 nitrogen and oxygen atoms in total. The first kappa shape index (κ1) is 20.9. The van der Waals surface area contributed by atoms with Gasteiger partial charge in [-0.25, -0.2) is 0 Å². The molecule has 0 bridgehead atoms. The van der Waals surface area contributed by atoms with Crippen LogP contribution in [0.1, 0.15) is 44.2 Å². The van der Waals surface area contributed by atoms with Crippen LogP contribution in [-0.2, 0) is 4.74 Å². The van der Waals surface area contributed by atoms with Crippen molar-refractivity contribution in [2.45, 2.75) is 44.8 Å². The lowest BCUT2D eigenvalue weighted by Crippen LogP contribution is -2.36. The van der Waals surface area contributed by atoms with Crippen molar-refractivity contribution < 1.29 is 9.47 Å². The zero-order chi connectivity index (χ0) is 20.8. The average molecular weight is 426 g/mol. The molecule has 1 aliphatic carbocycles. The van der Waals surface area contributed by atoms with E-state index >= 15 is 0 Å². The molecule has 0 radical (unpaired) electrons. The van der Waals surface area contributed by atoms with E-state index in [9.17, 15) is 0 Å².